The highest BCUT2D eigenvalue weighted by atomic mass is 16.5. The highest BCUT2D eigenvalue weighted by Crippen LogP contribution is 2.19. The van der Waals surface area contributed by atoms with Crippen molar-refractivity contribution in [3.05, 3.63) is 101 Å². The molecular weight excluding hydrogens is 446 g/mol. The molecule has 1 atom stereocenters. The van der Waals surface area contributed by atoms with Crippen LogP contribution in [-0.2, 0) is 11.3 Å². The predicted molar refractivity (Wildman–Crippen MR) is 133 cm³/mol. The van der Waals surface area contributed by atoms with Crippen molar-refractivity contribution in [3.8, 4) is 5.75 Å². The van der Waals surface area contributed by atoms with Crippen LogP contribution in [0.5, 0.6) is 5.75 Å². The summed E-state index contributed by atoms with van der Waals surface area (Å²) < 4.78 is 5.86. The quantitative estimate of drug-likeness (QED) is 0.212. The Hall–Kier alpha value is -4.66. The number of nitrogen functional groups attached to an aromatic ring is 2. The second kappa shape index (κ2) is 11.5. The van der Waals surface area contributed by atoms with Crippen LogP contribution in [0.15, 0.2) is 78.9 Å². The summed E-state index contributed by atoms with van der Waals surface area (Å²) in [6, 6.07) is 21.3. The number of amidine groups is 2. The molecule has 9 nitrogen and oxygen atoms in total. The summed E-state index contributed by atoms with van der Waals surface area (Å²) in [5, 5.41) is 24.7. The van der Waals surface area contributed by atoms with E-state index in [4.69, 9.17) is 27.0 Å². The summed E-state index contributed by atoms with van der Waals surface area (Å²) in [7, 11) is 0. The highest BCUT2D eigenvalue weighted by molar-refractivity contribution is 5.98. The van der Waals surface area contributed by atoms with E-state index in [0.29, 0.717) is 22.4 Å². The number of amides is 1. The summed E-state index contributed by atoms with van der Waals surface area (Å²) in [4.78, 5) is 26.8. The molecule has 0 fully saturated rings. The Labute approximate surface area is 203 Å². The lowest BCUT2D eigenvalue weighted by Crippen LogP contribution is -2.44. The molecule has 0 aliphatic heterocycles. The van der Waals surface area contributed by atoms with Gasteiger partial charge in [0.15, 0.2) is 0 Å². The van der Waals surface area contributed by atoms with Gasteiger partial charge >= 0.3 is 5.97 Å². The summed E-state index contributed by atoms with van der Waals surface area (Å²) in [6.45, 7) is 0.0840. The zero-order chi connectivity index (χ0) is 25.4. The maximum absolute atomic E-state index is 13.6. The number of nitrogens with one attached hydrogen (secondary N) is 2. The molecule has 3 aromatic rings. The number of carbonyl (C=O) groups excluding carboxylic acids is 1. The highest BCUT2D eigenvalue weighted by Gasteiger charge is 2.28. The molecule has 0 aliphatic carbocycles. The van der Waals surface area contributed by atoms with Crippen molar-refractivity contribution in [2.45, 2.75) is 19.0 Å². The van der Waals surface area contributed by atoms with Crippen LogP contribution >= 0.6 is 0 Å². The lowest BCUT2D eigenvalue weighted by molar-refractivity contribution is -0.138. The van der Waals surface area contributed by atoms with Crippen molar-refractivity contribution in [2.24, 2.45) is 11.5 Å². The third-order valence-electron chi connectivity index (χ3n) is 5.34. The molecule has 1 amide bonds. The van der Waals surface area contributed by atoms with Gasteiger partial charge in [-0.3, -0.25) is 20.4 Å². The average Bonchev–Trinajstić information content (AvgIpc) is 2.85. The van der Waals surface area contributed by atoms with E-state index in [1.54, 1.807) is 48.5 Å². The lowest BCUT2D eigenvalue weighted by atomic mass is 10.1. The third-order valence-corrected chi connectivity index (χ3v) is 5.34. The monoisotopic (exact) mass is 473 g/mol. The third kappa shape index (κ3) is 6.91. The second-order valence-corrected chi connectivity index (χ2v) is 7.91. The lowest BCUT2D eigenvalue weighted by Gasteiger charge is -2.31. The summed E-state index contributed by atoms with van der Waals surface area (Å²) >= 11 is 0. The van der Waals surface area contributed by atoms with Crippen molar-refractivity contribution < 1.29 is 19.4 Å². The van der Waals surface area contributed by atoms with Gasteiger partial charge in [-0.15, -0.1) is 0 Å². The zero-order valence-electron chi connectivity index (χ0n) is 19.0. The van der Waals surface area contributed by atoms with Crippen LogP contribution in [0.2, 0.25) is 0 Å². The minimum absolute atomic E-state index is 0.0856. The van der Waals surface area contributed by atoms with E-state index < -0.39 is 12.0 Å². The Kier molecular flexibility index (Phi) is 8.18. The fraction of sp³-hybridized carbons (Fsp3) is 0.154. The van der Waals surface area contributed by atoms with Gasteiger partial charge < -0.3 is 26.2 Å². The number of hydrogen-bond acceptors (Lipinski definition) is 5. The standard InChI is InChI=1S/C26H27N5O4/c27-24(28)18-9-11-19(12-10-18)26(34)31(15-17-5-2-1-3-6-17)21(14-23(32)33)16-35-22-8-4-7-20(13-22)25(29)30/h1-13,21H,14-16H2,(H3,27,28)(H3,29,30)(H,32,33)/t21-/m1/s1. The van der Waals surface area contributed by atoms with Gasteiger partial charge in [-0.1, -0.05) is 54.6 Å². The van der Waals surface area contributed by atoms with Gasteiger partial charge in [-0.2, -0.15) is 0 Å². The van der Waals surface area contributed by atoms with E-state index in [9.17, 15) is 14.7 Å². The van der Waals surface area contributed by atoms with Crippen molar-refractivity contribution in [1.29, 1.82) is 10.8 Å². The zero-order valence-corrected chi connectivity index (χ0v) is 19.0. The molecule has 0 aromatic heterocycles. The van der Waals surface area contributed by atoms with E-state index >= 15 is 0 Å². The first-order chi connectivity index (χ1) is 16.7. The van der Waals surface area contributed by atoms with Gasteiger partial charge in [0.1, 0.15) is 24.0 Å². The van der Waals surface area contributed by atoms with Crippen LogP contribution in [0, 0.1) is 10.8 Å². The molecule has 0 bridgehead atoms. The van der Waals surface area contributed by atoms with Gasteiger partial charge in [-0.25, -0.2) is 0 Å². The molecule has 0 saturated carbocycles. The number of aliphatic carboxylic acids is 1. The SMILES string of the molecule is N=C(N)c1ccc(C(=O)N(Cc2ccccc2)[C@@H](COc2cccc(C(=N)N)c2)CC(=O)O)cc1. The molecule has 0 unspecified atom stereocenters. The number of ether oxygens (including phenoxy) is 1. The average molecular weight is 474 g/mol. The van der Waals surface area contributed by atoms with Crippen LogP contribution in [0.3, 0.4) is 0 Å². The van der Waals surface area contributed by atoms with E-state index in [1.165, 1.54) is 4.90 Å². The van der Waals surface area contributed by atoms with Crippen molar-refractivity contribution in [3.63, 3.8) is 0 Å². The number of carboxylic acids is 1. The van der Waals surface area contributed by atoms with Gasteiger partial charge in [0, 0.05) is 23.2 Å². The second-order valence-electron chi connectivity index (χ2n) is 7.91. The van der Waals surface area contributed by atoms with E-state index in [-0.39, 0.29) is 37.2 Å². The maximum atomic E-state index is 13.6. The first-order valence-corrected chi connectivity index (χ1v) is 10.8. The van der Waals surface area contributed by atoms with Crippen molar-refractivity contribution >= 4 is 23.5 Å². The fourth-order valence-corrected chi connectivity index (χ4v) is 3.51. The normalized spacial score (nSPS) is 11.3. The van der Waals surface area contributed by atoms with Crippen molar-refractivity contribution in [1.82, 2.24) is 4.90 Å². The Morgan fingerprint density at radius 1 is 0.857 bits per heavy atom. The van der Waals surface area contributed by atoms with E-state index in [1.807, 2.05) is 30.3 Å². The van der Waals surface area contributed by atoms with E-state index in [2.05, 4.69) is 0 Å². The summed E-state index contributed by atoms with van der Waals surface area (Å²) in [5.74, 6) is -1.28. The first-order valence-electron chi connectivity index (χ1n) is 10.8. The molecule has 3 aromatic carbocycles. The number of nitrogens with two attached hydrogens (primary N) is 2. The minimum Gasteiger partial charge on any atom is -0.491 e. The topological polar surface area (TPSA) is 167 Å². The van der Waals surface area contributed by atoms with Crippen LogP contribution < -0.4 is 16.2 Å². The summed E-state index contributed by atoms with van der Waals surface area (Å²) in [5.41, 5.74) is 13.2. The smallest absolute Gasteiger partial charge is 0.305 e. The van der Waals surface area contributed by atoms with Gasteiger partial charge in [0.25, 0.3) is 5.91 Å². The van der Waals surface area contributed by atoms with Gasteiger partial charge in [-0.05, 0) is 29.8 Å². The van der Waals surface area contributed by atoms with Gasteiger partial charge in [0.05, 0.1) is 12.5 Å². The number of carbonyl (C=O) groups is 2. The number of carboxylic acid groups (broad SMARTS) is 1. The largest absolute Gasteiger partial charge is 0.491 e. The van der Waals surface area contributed by atoms with Crippen LogP contribution in [0.4, 0.5) is 0 Å². The van der Waals surface area contributed by atoms with Crippen molar-refractivity contribution in [2.75, 3.05) is 6.61 Å². The Balaban J connectivity index is 1.92. The van der Waals surface area contributed by atoms with Crippen LogP contribution in [0.1, 0.15) is 33.5 Å². The Bertz CT molecular complexity index is 1210. The first kappa shape index (κ1) is 25.0. The van der Waals surface area contributed by atoms with Gasteiger partial charge in [0.2, 0.25) is 0 Å². The Morgan fingerprint density at radius 2 is 1.49 bits per heavy atom. The molecule has 0 spiro atoms. The molecule has 0 aliphatic rings. The molecule has 9 heteroatoms. The number of nitrogens with zero attached hydrogens (tertiary/aromatic N) is 1. The minimum atomic E-state index is -1.08. The summed E-state index contributed by atoms with van der Waals surface area (Å²) in [6.07, 6.45) is -0.337. The molecule has 180 valence electrons. The molecule has 3 rings (SSSR count). The maximum Gasteiger partial charge on any atom is 0.305 e. The molecule has 0 heterocycles. The molecule has 7 N–H and O–H groups in total. The molecule has 35 heavy (non-hydrogen) atoms. The molecule has 0 radical (unpaired) electrons. The predicted octanol–water partition coefficient (Wildman–Crippen LogP) is 2.82. The number of benzene rings is 3. The Morgan fingerprint density at radius 3 is 2.09 bits per heavy atom. The fourth-order valence-electron chi connectivity index (χ4n) is 3.51. The van der Waals surface area contributed by atoms with Crippen LogP contribution in [0.25, 0.3) is 0 Å². The molecule has 0 saturated heterocycles. The van der Waals surface area contributed by atoms with E-state index in [0.717, 1.165) is 5.56 Å². The molecular formula is C26H27N5O4. The number of rotatable bonds is 11. The van der Waals surface area contributed by atoms with Crippen LogP contribution in [-0.4, -0.2) is 46.2 Å². The number of hydrogen-bond donors (Lipinski definition) is 5.